The van der Waals surface area contributed by atoms with Crippen molar-refractivity contribution in [1.29, 1.82) is 0 Å². The molecule has 5 rings (SSSR count). The molecule has 0 spiro atoms. The molecule has 0 aliphatic carbocycles. The minimum Gasteiger partial charge on any atom is -0.482 e. The number of imidazole rings is 1. The van der Waals surface area contributed by atoms with Crippen molar-refractivity contribution >= 4 is 34.5 Å². The van der Waals surface area contributed by atoms with Crippen LogP contribution < -0.4 is 14.5 Å². The highest BCUT2D eigenvalue weighted by atomic mass is 16.5. The summed E-state index contributed by atoms with van der Waals surface area (Å²) in [4.78, 5) is 33.1. The fraction of sp³-hybridized carbons (Fsp3) is 0.250. The number of ether oxygens (including phenoxy) is 1. The van der Waals surface area contributed by atoms with Gasteiger partial charge >= 0.3 is 0 Å². The second-order valence-electron chi connectivity index (χ2n) is 6.65. The maximum absolute atomic E-state index is 12.8. The van der Waals surface area contributed by atoms with E-state index in [1.165, 1.54) is 0 Å². The molecule has 0 saturated heterocycles. The van der Waals surface area contributed by atoms with E-state index in [2.05, 4.69) is 9.55 Å². The number of para-hydroxylation sites is 4. The number of rotatable bonds is 3. The monoisotopic (exact) mass is 362 g/mol. The van der Waals surface area contributed by atoms with Crippen molar-refractivity contribution in [3.8, 4) is 5.75 Å². The van der Waals surface area contributed by atoms with E-state index >= 15 is 0 Å². The molecule has 3 aromatic rings. The Hall–Kier alpha value is -3.35. The highest BCUT2D eigenvalue weighted by molar-refractivity contribution is 6.00. The molecular formula is C20H18N4O3. The predicted molar refractivity (Wildman–Crippen MR) is 101 cm³/mol. The molecule has 7 heteroatoms. The Morgan fingerprint density at radius 1 is 1.07 bits per heavy atom. The minimum atomic E-state index is -0.129. The molecule has 2 aliphatic heterocycles. The van der Waals surface area contributed by atoms with Crippen molar-refractivity contribution < 1.29 is 14.3 Å². The van der Waals surface area contributed by atoms with Crippen molar-refractivity contribution in [3.63, 3.8) is 0 Å². The second-order valence-corrected chi connectivity index (χ2v) is 6.65. The summed E-state index contributed by atoms with van der Waals surface area (Å²) in [7, 11) is 0. The lowest BCUT2D eigenvalue weighted by atomic mass is 10.2. The Morgan fingerprint density at radius 2 is 1.89 bits per heavy atom. The van der Waals surface area contributed by atoms with Gasteiger partial charge in [0.25, 0.3) is 5.91 Å². The van der Waals surface area contributed by atoms with Crippen LogP contribution in [0.15, 0.2) is 48.5 Å². The summed E-state index contributed by atoms with van der Waals surface area (Å²) in [5, 5.41) is 0. The minimum absolute atomic E-state index is 0.00468. The van der Waals surface area contributed by atoms with E-state index in [0.717, 1.165) is 23.3 Å². The first-order valence-corrected chi connectivity index (χ1v) is 9.00. The number of benzene rings is 2. The van der Waals surface area contributed by atoms with Crippen molar-refractivity contribution in [3.05, 3.63) is 48.5 Å². The lowest BCUT2D eigenvalue weighted by Crippen LogP contribution is -2.41. The van der Waals surface area contributed by atoms with Crippen LogP contribution >= 0.6 is 0 Å². The molecular weight excluding hydrogens is 344 g/mol. The average Bonchev–Trinajstić information content (AvgIpc) is 3.26. The number of nitrogens with zero attached hydrogens (tertiary/aromatic N) is 4. The Labute approximate surface area is 155 Å². The molecule has 0 N–H and O–H groups in total. The van der Waals surface area contributed by atoms with Gasteiger partial charge in [-0.3, -0.25) is 14.5 Å². The first-order valence-electron chi connectivity index (χ1n) is 9.00. The van der Waals surface area contributed by atoms with E-state index in [1.807, 2.05) is 48.5 Å². The normalized spacial score (nSPS) is 15.6. The van der Waals surface area contributed by atoms with Crippen LogP contribution in [0.2, 0.25) is 0 Å². The number of hydrogen-bond acceptors (Lipinski definition) is 4. The zero-order chi connectivity index (χ0) is 18.4. The maximum atomic E-state index is 12.8. The Morgan fingerprint density at radius 3 is 2.81 bits per heavy atom. The summed E-state index contributed by atoms with van der Waals surface area (Å²) >= 11 is 0. The van der Waals surface area contributed by atoms with Gasteiger partial charge in [-0.1, -0.05) is 24.3 Å². The van der Waals surface area contributed by atoms with Crippen LogP contribution in [0, 0.1) is 0 Å². The highest BCUT2D eigenvalue weighted by Crippen LogP contribution is 2.32. The fourth-order valence-corrected chi connectivity index (χ4v) is 3.77. The molecule has 0 unspecified atom stereocenters. The van der Waals surface area contributed by atoms with Gasteiger partial charge < -0.3 is 14.2 Å². The maximum Gasteiger partial charge on any atom is 0.265 e. The van der Waals surface area contributed by atoms with Crippen molar-refractivity contribution in [2.75, 3.05) is 29.5 Å². The molecule has 0 fully saturated rings. The summed E-state index contributed by atoms with van der Waals surface area (Å²) in [6.07, 6.45) is 0.239. The number of fused-ring (bicyclic) bond motifs is 4. The molecule has 3 heterocycles. The summed E-state index contributed by atoms with van der Waals surface area (Å²) in [5.41, 5.74) is 2.65. The summed E-state index contributed by atoms with van der Waals surface area (Å²) in [5.74, 6) is 1.21. The largest absolute Gasteiger partial charge is 0.482 e. The first-order chi connectivity index (χ1) is 13.2. The lowest BCUT2D eigenvalue weighted by molar-refractivity contribution is -0.121. The SMILES string of the molecule is O=C1COc2ccccc2N1CCC(=O)N1CCn2c1nc1ccccc12. The van der Waals surface area contributed by atoms with Gasteiger partial charge in [-0.15, -0.1) is 0 Å². The molecule has 1 aromatic heterocycles. The van der Waals surface area contributed by atoms with Gasteiger partial charge in [0, 0.05) is 26.1 Å². The van der Waals surface area contributed by atoms with Crippen LogP contribution in [-0.4, -0.2) is 41.1 Å². The molecule has 0 radical (unpaired) electrons. The standard InChI is InChI=1S/C20H18N4O3/c25-18(9-10-22-16-7-3-4-8-17(16)27-13-19(22)26)24-12-11-23-15-6-2-1-5-14(15)21-20(23)24/h1-8H,9-13H2. The Bertz CT molecular complexity index is 1060. The summed E-state index contributed by atoms with van der Waals surface area (Å²) in [6, 6.07) is 15.3. The van der Waals surface area contributed by atoms with Gasteiger partial charge in [-0.2, -0.15) is 0 Å². The van der Waals surface area contributed by atoms with Gasteiger partial charge in [0.15, 0.2) is 6.61 Å². The molecule has 27 heavy (non-hydrogen) atoms. The van der Waals surface area contributed by atoms with E-state index in [9.17, 15) is 9.59 Å². The quantitative estimate of drug-likeness (QED) is 0.716. The molecule has 7 nitrogen and oxygen atoms in total. The first kappa shape index (κ1) is 15.9. The molecule has 0 saturated carbocycles. The number of carbonyl (C=O) groups is 2. The van der Waals surface area contributed by atoms with E-state index in [4.69, 9.17) is 4.74 Å². The summed E-state index contributed by atoms with van der Waals surface area (Å²) < 4.78 is 7.52. The van der Waals surface area contributed by atoms with E-state index in [1.54, 1.807) is 9.80 Å². The van der Waals surface area contributed by atoms with Crippen LogP contribution in [0.4, 0.5) is 11.6 Å². The smallest absolute Gasteiger partial charge is 0.265 e. The van der Waals surface area contributed by atoms with E-state index in [0.29, 0.717) is 24.8 Å². The summed E-state index contributed by atoms with van der Waals surface area (Å²) in [6.45, 7) is 1.68. The van der Waals surface area contributed by atoms with E-state index in [-0.39, 0.29) is 24.8 Å². The number of aromatic nitrogens is 2. The highest BCUT2D eigenvalue weighted by Gasteiger charge is 2.30. The van der Waals surface area contributed by atoms with Crippen LogP contribution in [0.3, 0.4) is 0 Å². The third-order valence-corrected chi connectivity index (χ3v) is 5.08. The Balaban J connectivity index is 1.35. The van der Waals surface area contributed by atoms with E-state index < -0.39 is 0 Å². The average molecular weight is 362 g/mol. The van der Waals surface area contributed by atoms with Crippen LogP contribution in [0.5, 0.6) is 5.75 Å². The molecule has 2 amide bonds. The molecule has 0 atom stereocenters. The Kier molecular flexibility index (Phi) is 3.60. The number of amides is 2. The molecule has 136 valence electrons. The van der Waals surface area contributed by atoms with Gasteiger partial charge in [-0.25, -0.2) is 4.98 Å². The van der Waals surface area contributed by atoms with Crippen LogP contribution in [-0.2, 0) is 16.1 Å². The topological polar surface area (TPSA) is 67.7 Å². The zero-order valence-corrected chi connectivity index (χ0v) is 14.7. The van der Waals surface area contributed by atoms with Crippen molar-refractivity contribution in [1.82, 2.24) is 9.55 Å². The molecule has 0 bridgehead atoms. The number of carbonyl (C=O) groups excluding carboxylic acids is 2. The predicted octanol–water partition coefficient (Wildman–Crippen LogP) is 2.20. The zero-order valence-electron chi connectivity index (χ0n) is 14.7. The third kappa shape index (κ3) is 2.54. The lowest BCUT2D eigenvalue weighted by Gasteiger charge is -2.29. The second kappa shape index (κ2) is 6.12. The molecule has 2 aliphatic rings. The van der Waals surface area contributed by atoms with Crippen molar-refractivity contribution in [2.45, 2.75) is 13.0 Å². The number of anilines is 2. The van der Waals surface area contributed by atoms with Crippen LogP contribution in [0.1, 0.15) is 6.42 Å². The van der Waals surface area contributed by atoms with Crippen LogP contribution in [0.25, 0.3) is 11.0 Å². The van der Waals surface area contributed by atoms with Gasteiger partial charge in [-0.05, 0) is 24.3 Å². The van der Waals surface area contributed by atoms with Crippen molar-refractivity contribution in [2.24, 2.45) is 0 Å². The third-order valence-electron chi connectivity index (χ3n) is 5.08. The fourth-order valence-electron chi connectivity index (χ4n) is 3.77. The van der Waals surface area contributed by atoms with Gasteiger partial charge in [0.2, 0.25) is 11.9 Å². The number of hydrogen-bond donors (Lipinski definition) is 0. The van der Waals surface area contributed by atoms with Gasteiger partial charge in [0.1, 0.15) is 5.75 Å². The molecule has 2 aromatic carbocycles. The van der Waals surface area contributed by atoms with Gasteiger partial charge in [0.05, 0.1) is 16.7 Å².